The molecule has 2 aromatic heterocycles. The van der Waals surface area contributed by atoms with Crippen LogP contribution in [0.2, 0.25) is 0 Å². The van der Waals surface area contributed by atoms with Crippen LogP contribution in [0.5, 0.6) is 0 Å². The van der Waals surface area contributed by atoms with Crippen LogP contribution in [0.4, 0.5) is 5.69 Å². The lowest BCUT2D eigenvalue weighted by atomic mass is 10.3. The molecule has 0 amide bonds. The van der Waals surface area contributed by atoms with Gasteiger partial charge in [0.15, 0.2) is 4.96 Å². The second-order valence-electron chi connectivity index (χ2n) is 3.69. The Balaban J connectivity index is 1.74. The summed E-state index contributed by atoms with van der Waals surface area (Å²) in [6.45, 7) is 0.741. The van der Waals surface area contributed by atoms with Gasteiger partial charge in [0.25, 0.3) is 0 Å². The van der Waals surface area contributed by atoms with Crippen LogP contribution in [0.25, 0.3) is 4.96 Å². The summed E-state index contributed by atoms with van der Waals surface area (Å²) in [5, 5.41) is 5.39. The highest BCUT2D eigenvalue weighted by Gasteiger charge is 2.02. The number of imidazole rings is 1. The van der Waals surface area contributed by atoms with Crippen molar-refractivity contribution in [3.63, 3.8) is 0 Å². The van der Waals surface area contributed by atoms with Gasteiger partial charge in [0.05, 0.1) is 12.2 Å². The Morgan fingerprint density at radius 1 is 1.41 bits per heavy atom. The van der Waals surface area contributed by atoms with Gasteiger partial charge in [0.2, 0.25) is 0 Å². The molecule has 0 aliphatic rings. The standard InChI is InChI=1S/C12H10BrN3S/c13-9-2-1-3-10(6-9)14-7-11-8-16-4-5-17-12(16)15-11/h1-6,8,14H,7H2. The fraction of sp³-hybridized carbons (Fsp3) is 0.0833. The summed E-state index contributed by atoms with van der Waals surface area (Å²) >= 11 is 5.10. The maximum absolute atomic E-state index is 4.52. The predicted octanol–water partition coefficient (Wildman–Crippen LogP) is 3.77. The Morgan fingerprint density at radius 2 is 2.35 bits per heavy atom. The molecule has 0 radical (unpaired) electrons. The minimum atomic E-state index is 0.741. The number of aromatic nitrogens is 2. The van der Waals surface area contributed by atoms with E-state index in [1.54, 1.807) is 11.3 Å². The number of nitrogens with zero attached hydrogens (tertiary/aromatic N) is 2. The fourth-order valence-corrected chi connectivity index (χ4v) is 2.77. The quantitative estimate of drug-likeness (QED) is 0.798. The van der Waals surface area contributed by atoms with Crippen LogP contribution in [0.1, 0.15) is 5.69 Å². The van der Waals surface area contributed by atoms with Gasteiger partial charge >= 0.3 is 0 Å². The lowest BCUT2D eigenvalue weighted by molar-refractivity contribution is 1.08. The van der Waals surface area contributed by atoms with Crippen LogP contribution in [0.3, 0.4) is 0 Å². The van der Waals surface area contributed by atoms with Gasteiger partial charge in [0.1, 0.15) is 0 Å². The molecule has 0 fully saturated rings. The van der Waals surface area contributed by atoms with Crippen molar-refractivity contribution in [1.82, 2.24) is 9.38 Å². The highest BCUT2D eigenvalue weighted by Crippen LogP contribution is 2.17. The average Bonchev–Trinajstić information content (AvgIpc) is 2.86. The number of rotatable bonds is 3. The molecule has 0 bridgehead atoms. The Bertz CT molecular complexity index is 615. The van der Waals surface area contributed by atoms with Crippen LogP contribution in [-0.2, 0) is 6.54 Å². The predicted molar refractivity (Wildman–Crippen MR) is 74.5 cm³/mol. The maximum atomic E-state index is 4.52. The number of benzene rings is 1. The van der Waals surface area contributed by atoms with Crippen LogP contribution in [0, 0.1) is 0 Å². The Kier molecular flexibility index (Phi) is 2.86. The summed E-state index contributed by atoms with van der Waals surface area (Å²) in [5.41, 5.74) is 2.15. The normalized spacial score (nSPS) is 10.9. The maximum Gasteiger partial charge on any atom is 0.193 e. The third-order valence-corrected chi connectivity index (χ3v) is 3.71. The molecule has 1 aromatic carbocycles. The second kappa shape index (κ2) is 4.50. The zero-order chi connectivity index (χ0) is 11.7. The van der Waals surface area contributed by atoms with E-state index in [0.717, 1.165) is 27.4 Å². The van der Waals surface area contributed by atoms with Gasteiger partial charge in [-0.3, -0.25) is 4.40 Å². The average molecular weight is 308 g/mol. The van der Waals surface area contributed by atoms with Crippen molar-refractivity contribution in [3.8, 4) is 0 Å². The van der Waals surface area contributed by atoms with E-state index in [4.69, 9.17) is 0 Å². The molecule has 0 aliphatic carbocycles. The van der Waals surface area contributed by atoms with E-state index in [-0.39, 0.29) is 0 Å². The largest absolute Gasteiger partial charge is 0.379 e. The summed E-state index contributed by atoms with van der Waals surface area (Å²) in [4.78, 5) is 5.56. The molecule has 3 aromatic rings. The smallest absolute Gasteiger partial charge is 0.193 e. The molecule has 0 aliphatic heterocycles. The minimum Gasteiger partial charge on any atom is -0.379 e. The number of halogens is 1. The first-order valence-corrected chi connectivity index (χ1v) is 6.89. The van der Waals surface area contributed by atoms with Crippen molar-refractivity contribution < 1.29 is 0 Å². The molecule has 2 heterocycles. The topological polar surface area (TPSA) is 29.3 Å². The van der Waals surface area contributed by atoms with Crippen molar-refractivity contribution >= 4 is 37.9 Å². The lowest BCUT2D eigenvalue weighted by Gasteiger charge is -2.04. The molecule has 5 heteroatoms. The molecule has 17 heavy (non-hydrogen) atoms. The van der Waals surface area contributed by atoms with Gasteiger partial charge in [0, 0.05) is 27.9 Å². The summed E-state index contributed by atoms with van der Waals surface area (Å²) in [5.74, 6) is 0. The summed E-state index contributed by atoms with van der Waals surface area (Å²) in [7, 11) is 0. The molecule has 1 N–H and O–H groups in total. The summed E-state index contributed by atoms with van der Waals surface area (Å²) in [6, 6.07) is 8.12. The molecule has 3 nitrogen and oxygen atoms in total. The van der Waals surface area contributed by atoms with Crippen LogP contribution >= 0.6 is 27.3 Å². The zero-order valence-corrected chi connectivity index (χ0v) is 11.3. The third kappa shape index (κ3) is 2.35. The Hall–Kier alpha value is -1.33. The van der Waals surface area contributed by atoms with Crippen LogP contribution < -0.4 is 5.32 Å². The number of hydrogen-bond acceptors (Lipinski definition) is 3. The van der Waals surface area contributed by atoms with Crippen LogP contribution in [-0.4, -0.2) is 9.38 Å². The van der Waals surface area contributed by atoms with E-state index in [9.17, 15) is 0 Å². The van der Waals surface area contributed by atoms with Crippen LogP contribution in [0.15, 0.2) is 46.5 Å². The van der Waals surface area contributed by atoms with Crippen molar-refractivity contribution in [2.45, 2.75) is 6.54 Å². The van der Waals surface area contributed by atoms with Gasteiger partial charge in [-0.15, -0.1) is 11.3 Å². The highest BCUT2D eigenvalue weighted by molar-refractivity contribution is 9.10. The first kappa shape index (κ1) is 10.8. The first-order valence-electron chi connectivity index (χ1n) is 5.22. The number of hydrogen-bond donors (Lipinski definition) is 1. The highest BCUT2D eigenvalue weighted by atomic mass is 79.9. The second-order valence-corrected chi connectivity index (χ2v) is 5.48. The van der Waals surface area contributed by atoms with Gasteiger partial charge in [-0.1, -0.05) is 22.0 Å². The number of fused-ring (bicyclic) bond motifs is 1. The van der Waals surface area contributed by atoms with Gasteiger partial charge in [-0.2, -0.15) is 0 Å². The van der Waals surface area contributed by atoms with Gasteiger partial charge < -0.3 is 5.32 Å². The molecule has 0 saturated carbocycles. The van der Waals surface area contributed by atoms with E-state index in [0.29, 0.717) is 0 Å². The zero-order valence-electron chi connectivity index (χ0n) is 8.93. The molecular weight excluding hydrogens is 298 g/mol. The van der Waals surface area contributed by atoms with Crippen molar-refractivity contribution in [2.75, 3.05) is 5.32 Å². The summed E-state index contributed by atoms with van der Waals surface area (Å²) in [6.07, 6.45) is 4.08. The van der Waals surface area contributed by atoms with E-state index in [2.05, 4.69) is 38.5 Å². The van der Waals surface area contributed by atoms with E-state index in [1.165, 1.54) is 0 Å². The lowest BCUT2D eigenvalue weighted by Crippen LogP contribution is -1.99. The molecule has 0 atom stereocenters. The minimum absolute atomic E-state index is 0.741. The molecule has 3 rings (SSSR count). The molecule has 0 unspecified atom stereocenters. The SMILES string of the molecule is Brc1cccc(NCc2cn3ccsc3n2)c1. The number of anilines is 1. The third-order valence-electron chi connectivity index (χ3n) is 2.44. The van der Waals surface area contributed by atoms with E-state index in [1.807, 2.05) is 34.2 Å². The number of nitrogens with one attached hydrogen (secondary N) is 1. The van der Waals surface area contributed by atoms with Crippen molar-refractivity contribution in [1.29, 1.82) is 0 Å². The molecular formula is C12H10BrN3S. The van der Waals surface area contributed by atoms with Crippen molar-refractivity contribution in [2.24, 2.45) is 0 Å². The Morgan fingerprint density at radius 3 is 3.18 bits per heavy atom. The monoisotopic (exact) mass is 307 g/mol. The van der Waals surface area contributed by atoms with E-state index >= 15 is 0 Å². The van der Waals surface area contributed by atoms with Gasteiger partial charge in [-0.05, 0) is 18.2 Å². The van der Waals surface area contributed by atoms with Crippen molar-refractivity contribution in [3.05, 3.63) is 52.2 Å². The fourth-order valence-electron chi connectivity index (χ4n) is 1.65. The molecule has 0 saturated heterocycles. The van der Waals surface area contributed by atoms with E-state index < -0.39 is 0 Å². The molecule has 0 spiro atoms. The molecule has 86 valence electrons. The first-order chi connectivity index (χ1) is 8.31. The van der Waals surface area contributed by atoms with Gasteiger partial charge in [-0.25, -0.2) is 4.98 Å². The number of thiazole rings is 1. The summed E-state index contributed by atoms with van der Waals surface area (Å²) < 4.78 is 3.12. The Labute approximate surface area is 111 Å².